The van der Waals surface area contributed by atoms with Gasteiger partial charge < -0.3 is 10.1 Å². The highest BCUT2D eigenvalue weighted by Crippen LogP contribution is 2.36. The predicted molar refractivity (Wildman–Crippen MR) is 71.3 cm³/mol. The fourth-order valence-corrected chi connectivity index (χ4v) is 3.00. The highest BCUT2D eigenvalue weighted by molar-refractivity contribution is 4.95. The van der Waals surface area contributed by atoms with Crippen LogP contribution in [0.15, 0.2) is 0 Å². The van der Waals surface area contributed by atoms with E-state index in [1.807, 2.05) is 7.11 Å². The normalized spacial score (nSPS) is 32.6. The maximum Gasteiger partial charge on any atom is 0.0670 e. The highest BCUT2D eigenvalue weighted by atomic mass is 16.5. The molecule has 0 aromatic rings. The number of hydrogen-bond donors (Lipinski definition) is 1. The predicted octanol–water partition coefficient (Wildman–Crippen LogP) is 1.87. The quantitative estimate of drug-likeness (QED) is 0.767. The molecule has 0 bridgehead atoms. The maximum atomic E-state index is 5.43. The summed E-state index contributed by atoms with van der Waals surface area (Å²) in [5, 5.41) is 3.73. The minimum absolute atomic E-state index is 0.358. The Bertz CT molecular complexity index is 230. The number of ether oxygens (including phenoxy) is 1. The molecule has 0 spiro atoms. The monoisotopic (exact) mass is 240 g/mol. The molecule has 3 nitrogen and oxygen atoms in total. The molecule has 1 saturated carbocycles. The molecule has 0 amide bonds. The van der Waals surface area contributed by atoms with Gasteiger partial charge in [-0.25, -0.2) is 0 Å². The Morgan fingerprint density at radius 2 is 2.18 bits per heavy atom. The van der Waals surface area contributed by atoms with Crippen LogP contribution in [0.5, 0.6) is 0 Å². The van der Waals surface area contributed by atoms with E-state index in [9.17, 15) is 0 Å². The smallest absolute Gasteiger partial charge is 0.0670 e. The van der Waals surface area contributed by atoms with Crippen molar-refractivity contribution in [1.29, 1.82) is 0 Å². The fourth-order valence-electron chi connectivity index (χ4n) is 3.00. The first-order valence-electron chi connectivity index (χ1n) is 7.24. The summed E-state index contributed by atoms with van der Waals surface area (Å²) in [6.45, 7) is 7.95. The van der Waals surface area contributed by atoms with Gasteiger partial charge in [-0.05, 0) is 32.1 Å². The SMILES string of the molecule is CCCC1CN(CC(C)OC)C(C2CC2)CN1. The summed E-state index contributed by atoms with van der Waals surface area (Å²) >= 11 is 0. The van der Waals surface area contributed by atoms with Gasteiger partial charge in [0.2, 0.25) is 0 Å². The van der Waals surface area contributed by atoms with Gasteiger partial charge in [0.15, 0.2) is 0 Å². The van der Waals surface area contributed by atoms with Gasteiger partial charge in [0.1, 0.15) is 0 Å². The zero-order chi connectivity index (χ0) is 12.3. The van der Waals surface area contributed by atoms with Crippen LogP contribution in [0.25, 0.3) is 0 Å². The second kappa shape index (κ2) is 6.17. The van der Waals surface area contributed by atoms with Crippen molar-refractivity contribution in [2.75, 3.05) is 26.7 Å². The van der Waals surface area contributed by atoms with Crippen molar-refractivity contribution in [3.63, 3.8) is 0 Å². The molecule has 3 unspecified atom stereocenters. The summed E-state index contributed by atoms with van der Waals surface area (Å²) in [5.74, 6) is 0.953. The van der Waals surface area contributed by atoms with Crippen molar-refractivity contribution in [2.45, 2.75) is 57.7 Å². The molecule has 0 aromatic heterocycles. The van der Waals surface area contributed by atoms with Crippen LogP contribution >= 0.6 is 0 Å². The highest BCUT2D eigenvalue weighted by Gasteiger charge is 2.38. The van der Waals surface area contributed by atoms with Gasteiger partial charge in [-0.15, -0.1) is 0 Å². The van der Waals surface area contributed by atoms with E-state index in [-0.39, 0.29) is 0 Å². The van der Waals surface area contributed by atoms with Crippen LogP contribution < -0.4 is 5.32 Å². The molecule has 2 fully saturated rings. The van der Waals surface area contributed by atoms with Gasteiger partial charge >= 0.3 is 0 Å². The Morgan fingerprint density at radius 1 is 1.41 bits per heavy atom. The summed E-state index contributed by atoms with van der Waals surface area (Å²) in [5.41, 5.74) is 0. The number of piperazine rings is 1. The maximum absolute atomic E-state index is 5.43. The molecule has 1 saturated heterocycles. The summed E-state index contributed by atoms with van der Waals surface area (Å²) < 4.78 is 5.43. The third-order valence-electron chi connectivity index (χ3n) is 4.24. The summed E-state index contributed by atoms with van der Waals surface area (Å²) in [6.07, 6.45) is 5.80. The lowest BCUT2D eigenvalue weighted by molar-refractivity contribution is 0.0341. The van der Waals surface area contributed by atoms with E-state index in [0.29, 0.717) is 12.1 Å². The summed E-state index contributed by atoms with van der Waals surface area (Å²) in [4.78, 5) is 2.68. The van der Waals surface area contributed by atoms with Crippen molar-refractivity contribution in [3.8, 4) is 0 Å². The van der Waals surface area contributed by atoms with E-state index in [2.05, 4.69) is 24.1 Å². The molecule has 0 radical (unpaired) electrons. The summed E-state index contributed by atoms with van der Waals surface area (Å²) in [6, 6.07) is 1.46. The van der Waals surface area contributed by atoms with Gasteiger partial charge in [-0.2, -0.15) is 0 Å². The average molecular weight is 240 g/mol. The standard InChI is InChI=1S/C14H28N2O/c1-4-5-13-10-16(9-11(2)17-3)14(8-15-13)12-6-7-12/h11-15H,4-10H2,1-3H3. The molecule has 1 heterocycles. The second-order valence-corrected chi connectivity index (χ2v) is 5.80. The lowest BCUT2D eigenvalue weighted by Gasteiger charge is -2.41. The molecule has 2 aliphatic rings. The molecule has 3 atom stereocenters. The second-order valence-electron chi connectivity index (χ2n) is 5.80. The van der Waals surface area contributed by atoms with Gasteiger partial charge in [0, 0.05) is 38.8 Å². The number of hydrogen-bond acceptors (Lipinski definition) is 3. The molecular weight excluding hydrogens is 212 g/mol. The Morgan fingerprint density at radius 3 is 2.76 bits per heavy atom. The first kappa shape index (κ1) is 13.3. The minimum Gasteiger partial charge on any atom is -0.380 e. The van der Waals surface area contributed by atoms with Crippen LogP contribution in [0.1, 0.15) is 39.5 Å². The number of methoxy groups -OCH3 is 1. The Kier molecular flexibility index (Phi) is 4.83. The van der Waals surface area contributed by atoms with Gasteiger partial charge in [-0.1, -0.05) is 13.3 Å². The van der Waals surface area contributed by atoms with Crippen LogP contribution in [-0.4, -0.2) is 49.8 Å². The van der Waals surface area contributed by atoms with E-state index in [4.69, 9.17) is 4.74 Å². The van der Waals surface area contributed by atoms with Crippen LogP contribution in [0.4, 0.5) is 0 Å². The molecule has 1 N–H and O–H groups in total. The third-order valence-corrected chi connectivity index (χ3v) is 4.24. The number of nitrogens with one attached hydrogen (secondary N) is 1. The molecule has 3 heteroatoms. The first-order valence-corrected chi connectivity index (χ1v) is 7.24. The molecule has 17 heavy (non-hydrogen) atoms. The van der Waals surface area contributed by atoms with Gasteiger partial charge in [0.25, 0.3) is 0 Å². The first-order chi connectivity index (χ1) is 8.24. The molecular formula is C14H28N2O. The molecule has 1 aliphatic heterocycles. The number of rotatable bonds is 6. The largest absolute Gasteiger partial charge is 0.380 e. The average Bonchev–Trinajstić information content (AvgIpc) is 3.14. The zero-order valence-electron chi connectivity index (χ0n) is 11.6. The van der Waals surface area contributed by atoms with E-state index in [0.717, 1.165) is 18.5 Å². The zero-order valence-corrected chi connectivity index (χ0v) is 11.6. The van der Waals surface area contributed by atoms with E-state index < -0.39 is 0 Å². The minimum atomic E-state index is 0.358. The Hall–Kier alpha value is -0.120. The fraction of sp³-hybridized carbons (Fsp3) is 1.00. The van der Waals surface area contributed by atoms with E-state index >= 15 is 0 Å². The van der Waals surface area contributed by atoms with Crippen LogP contribution in [0, 0.1) is 5.92 Å². The van der Waals surface area contributed by atoms with Gasteiger partial charge in [0.05, 0.1) is 6.10 Å². The third kappa shape index (κ3) is 3.67. The molecule has 100 valence electrons. The molecule has 2 rings (SSSR count). The lowest BCUT2D eigenvalue weighted by Crippen LogP contribution is -2.58. The molecule has 0 aromatic carbocycles. The topological polar surface area (TPSA) is 24.5 Å². The van der Waals surface area contributed by atoms with Crippen LogP contribution in [0.2, 0.25) is 0 Å². The van der Waals surface area contributed by atoms with Crippen LogP contribution in [-0.2, 0) is 4.74 Å². The molecule has 1 aliphatic carbocycles. The van der Waals surface area contributed by atoms with E-state index in [1.54, 1.807) is 0 Å². The van der Waals surface area contributed by atoms with Crippen molar-refractivity contribution >= 4 is 0 Å². The van der Waals surface area contributed by atoms with Crippen LogP contribution in [0.3, 0.4) is 0 Å². The van der Waals surface area contributed by atoms with Gasteiger partial charge in [-0.3, -0.25) is 4.90 Å². The van der Waals surface area contributed by atoms with Crippen molar-refractivity contribution in [2.24, 2.45) is 5.92 Å². The lowest BCUT2D eigenvalue weighted by atomic mass is 10.0. The van der Waals surface area contributed by atoms with Crippen molar-refractivity contribution in [1.82, 2.24) is 10.2 Å². The Labute approximate surface area is 106 Å². The summed E-state index contributed by atoms with van der Waals surface area (Å²) in [7, 11) is 1.82. The van der Waals surface area contributed by atoms with Crippen molar-refractivity contribution < 1.29 is 4.74 Å². The number of nitrogens with zero attached hydrogens (tertiary/aromatic N) is 1. The van der Waals surface area contributed by atoms with E-state index in [1.165, 1.54) is 38.8 Å². The Balaban J connectivity index is 1.89. The van der Waals surface area contributed by atoms with Crippen molar-refractivity contribution in [3.05, 3.63) is 0 Å².